The van der Waals surface area contributed by atoms with Gasteiger partial charge in [-0.3, -0.25) is 4.66 Å². The largest absolute Gasteiger partial charge is 0.540 e. The minimum Gasteiger partial charge on any atom is -0.540 e. The van der Waals surface area contributed by atoms with Crippen LogP contribution in [0.5, 0.6) is 0 Å². The molecular weight excluding hydrogens is 134 g/mol. The van der Waals surface area contributed by atoms with Gasteiger partial charge in [0.2, 0.25) is 9.76 Å². The molecule has 0 aliphatic heterocycles. The fraction of sp³-hybridized carbons (Fsp3) is 0.500. The van der Waals surface area contributed by atoms with Crippen LogP contribution < -0.4 is 0 Å². The quantitative estimate of drug-likeness (QED) is 0.287. The highest BCUT2D eigenvalue weighted by molar-refractivity contribution is 6.41. The van der Waals surface area contributed by atoms with E-state index >= 15 is 0 Å². The molecule has 8 heavy (non-hydrogen) atoms. The Morgan fingerprint density at radius 3 is 2.88 bits per heavy atom. The molecule has 0 saturated carbocycles. The van der Waals surface area contributed by atoms with Gasteiger partial charge in [0.15, 0.2) is 5.90 Å². The summed E-state index contributed by atoms with van der Waals surface area (Å²) < 4.78 is 9.17. The van der Waals surface area contributed by atoms with Crippen LogP contribution in [0.25, 0.3) is 0 Å². The minimum atomic E-state index is -0.299. The van der Waals surface area contributed by atoms with Gasteiger partial charge >= 0.3 is 0 Å². The third-order valence-electron chi connectivity index (χ3n) is 0.626. The van der Waals surface area contributed by atoms with E-state index < -0.39 is 0 Å². The van der Waals surface area contributed by atoms with Crippen molar-refractivity contribution in [3.05, 3.63) is 0 Å². The maximum atomic E-state index is 5.15. The summed E-state index contributed by atoms with van der Waals surface area (Å²) in [5.74, 6) is 0.823. The van der Waals surface area contributed by atoms with Gasteiger partial charge in [-0.15, -0.1) is 0 Å². The van der Waals surface area contributed by atoms with E-state index in [0.29, 0.717) is 0 Å². The van der Waals surface area contributed by atoms with Crippen molar-refractivity contribution >= 4 is 31.1 Å². The van der Waals surface area contributed by atoms with E-state index in [1.807, 2.05) is 6.92 Å². The smallest absolute Gasteiger partial charge is 0.218 e. The van der Waals surface area contributed by atoms with Crippen molar-refractivity contribution in [3.8, 4) is 0 Å². The van der Waals surface area contributed by atoms with E-state index in [4.69, 9.17) is 4.43 Å². The highest BCUT2D eigenvalue weighted by Crippen LogP contribution is 1.74. The maximum Gasteiger partial charge on any atom is 0.218 e. The van der Waals surface area contributed by atoms with Crippen molar-refractivity contribution in [2.24, 2.45) is 4.66 Å². The van der Waals surface area contributed by atoms with E-state index in [1.54, 1.807) is 0 Å². The van der Waals surface area contributed by atoms with Crippen LogP contribution in [0.2, 0.25) is 6.55 Å². The molecule has 0 N–H and O–H groups in total. The number of hydrogen-bond acceptors (Lipinski definition) is 2. The second kappa shape index (κ2) is 4.92. The van der Waals surface area contributed by atoms with Gasteiger partial charge in [-0.2, -0.15) is 0 Å². The molecule has 0 aromatic carbocycles. The standard InChI is InChI=1S/C4H11NOSi2/c1-4(5-7-2)6-8-3/h7H,2,8H2,1,3H3. The van der Waals surface area contributed by atoms with Gasteiger partial charge in [0, 0.05) is 6.92 Å². The van der Waals surface area contributed by atoms with Gasteiger partial charge < -0.3 is 4.43 Å². The molecule has 0 amide bonds. The number of nitrogens with zero attached hydrogens (tertiary/aromatic N) is 1. The first-order valence-corrected chi connectivity index (χ1v) is 5.91. The molecule has 46 valence electrons. The third kappa shape index (κ3) is 3.95. The van der Waals surface area contributed by atoms with Crippen molar-refractivity contribution < 1.29 is 4.43 Å². The van der Waals surface area contributed by atoms with Gasteiger partial charge in [0.1, 0.15) is 9.29 Å². The molecule has 0 saturated heterocycles. The van der Waals surface area contributed by atoms with Crippen LogP contribution in [0.1, 0.15) is 6.92 Å². The molecule has 0 heterocycles. The molecule has 0 radical (unpaired) electrons. The Morgan fingerprint density at radius 2 is 2.50 bits per heavy atom. The SMILES string of the molecule is C=[SiH]N=C(C)O[SiH2]C. The lowest BCUT2D eigenvalue weighted by atomic mass is 10.8. The molecule has 0 rings (SSSR count). The van der Waals surface area contributed by atoms with Crippen molar-refractivity contribution in [2.75, 3.05) is 0 Å². The van der Waals surface area contributed by atoms with Crippen LogP contribution in [-0.4, -0.2) is 31.1 Å². The van der Waals surface area contributed by atoms with Gasteiger partial charge in [0.05, 0.1) is 0 Å². The third-order valence-corrected chi connectivity index (χ3v) is 1.88. The zero-order chi connectivity index (χ0) is 6.41. The highest BCUT2D eigenvalue weighted by atomic mass is 28.2. The highest BCUT2D eigenvalue weighted by Gasteiger charge is 1.81. The molecule has 4 heteroatoms. The topological polar surface area (TPSA) is 21.6 Å². The monoisotopic (exact) mass is 145 g/mol. The first-order chi connectivity index (χ1) is 3.81. The summed E-state index contributed by atoms with van der Waals surface area (Å²) in [5, 5.41) is 0. The molecular formula is C4H11NOSi2. The molecule has 0 spiro atoms. The predicted octanol–water partition coefficient (Wildman–Crippen LogP) is -0.663. The van der Waals surface area contributed by atoms with Crippen molar-refractivity contribution in [2.45, 2.75) is 13.5 Å². The zero-order valence-corrected chi connectivity index (χ0v) is 7.92. The lowest BCUT2D eigenvalue weighted by Crippen LogP contribution is -2.01. The molecule has 2 nitrogen and oxygen atoms in total. The Hall–Kier alpha value is -0.226. The van der Waals surface area contributed by atoms with Crippen LogP contribution in [0, 0.1) is 0 Å². The summed E-state index contributed by atoms with van der Waals surface area (Å²) in [6.07, 6.45) is 3.64. The average molecular weight is 145 g/mol. The normalized spacial score (nSPS) is 12.5. The summed E-state index contributed by atoms with van der Waals surface area (Å²) in [6.45, 7) is 3.96. The Labute approximate surface area is 54.4 Å². The Balaban J connectivity index is 3.44. The Bertz CT molecular complexity index is 102. The maximum absolute atomic E-state index is 5.15. The van der Waals surface area contributed by atoms with Gasteiger partial charge in [-0.05, 0) is 6.55 Å². The fourth-order valence-corrected chi connectivity index (χ4v) is 1.35. The first-order valence-electron chi connectivity index (χ1n) is 2.59. The van der Waals surface area contributed by atoms with E-state index in [2.05, 4.69) is 17.4 Å². The molecule has 0 bridgehead atoms. The molecule has 0 aliphatic carbocycles. The average Bonchev–Trinajstić information content (AvgIpc) is 1.68. The predicted molar refractivity (Wildman–Crippen MR) is 42.9 cm³/mol. The summed E-state index contributed by atoms with van der Waals surface area (Å²) in [7, 11) is -0.317. The van der Waals surface area contributed by atoms with Crippen LogP contribution in [0.4, 0.5) is 0 Å². The number of hydrogen-bond donors (Lipinski definition) is 0. The van der Waals surface area contributed by atoms with Gasteiger partial charge in [0.25, 0.3) is 0 Å². The molecule has 0 aromatic rings. The Kier molecular flexibility index (Phi) is 4.78. The van der Waals surface area contributed by atoms with Crippen molar-refractivity contribution in [1.29, 1.82) is 0 Å². The Morgan fingerprint density at radius 1 is 1.88 bits per heavy atom. The molecule has 0 atom stereocenters. The zero-order valence-electron chi connectivity index (χ0n) is 5.35. The van der Waals surface area contributed by atoms with Gasteiger partial charge in [-0.25, -0.2) is 0 Å². The van der Waals surface area contributed by atoms with E-state index in [0.717, 1.165) is 5.90 Å². The second-order valence-electron chi connectivity index (χ2n) is 1.26. The van der Waals surface area contributed by atoms with Crippen LogP contribution in [0.3, 0.4) is 0 Å². The van der Waals surface area contributed by atoms with Gasteiger partial charge in [-0.1, -0.05) is 6.17 Å². The minimum absolute atomic E-state index is 0.0177. The lowest BCUT2D eigenvalue weighted by Gasteiger charge is -1.97. The fourth-order valence-electron chi connectivity index (χ4n) is 0.375. The summed E-state index contributed by atoms with van der Waals surface area (Å²) in [4.78, 5) is 0. The van der Waals surface area contributed by atoms with E-state index in [-0.39, 0.29) is 19.1 Å². The van der Waals surface area contributed by atoms with Crippen LogP contribution in [-0.2, 0) is 4.43 Å². The van der Waals surface area contributed by atoms with E-state index in [9.17, 15) is 0 Å². The van der Waals surface area contributed by atoms with E-state index in [1.165, 1.54) is 0 Å². The van der Waals surface area contributed by atoms with Crippen molar-refractivity contribution in [1.82, 2.24) is 0 Å². The summed E-state index contributed by atoms with van der Waals surface area (Å²) >= 11 is 0. The number of rotatable bonds is 2. The summed E-state index contributed by atoms with van der Waals surface area (Å²) in [6, 6.07) is 0. The lowest BCUT2D eigenvalue weighted by molar-refractivity contribution is 0.593. The molecule has 0 aliphatic rings. The molecule has 0 aromatic heterocycles. The second-order valence-corrected chi connectivity index (χ2v) is 2.75. The van der Waals surface area contributed by atoms with Crippen molar-refractivity contribution in [3.63, 3.8) is 0 Å². The molecule has 0 fully saturated rings. The first kappa shape index (κ1) is 7.77. The molecule has 0 unspecified atom stereocenters. The summed E-state index contributed by atoms with van der Waals surface area (Å²) in [5.41, 5.74) is 0. The van der Waals surface area contributed by atoms with Crippen LogP contribution >= 0.6 is 0 Å². The van der Waals surface area contributed by atoms with Crippen LogP contribution in [0.15, 0.2) is 4.66 Å².